The Kier molecular flexibility index (Phi) is 3.71. The molecule has 98 valence electrons. The zero-order valence-electron chi connectivity index (χ0n) is 10.9. The highest BCUT2D eigenvalue weighted by Crippen LogP contribution is 2.28. The number of nitrogens with two attached hydrogens (primary N) is 1. The van der Waals surface area contributed by atoms with E-state index in [1.165, 1.54) is 0 Å². The number of amides is 1. The molecule has 2 aromatic rings. The van der Waals surface area contributed by atoms with E-state index >= 15 is 0 Å². The topological polar surface area (TPSA) is 64.3 Å². The second-order valence-corrected chi connectivity index (χ2v) is 4.23. The van der Waals surface area contributed by atoms with Crippen LogP contribution < -0.4 is 15.8 Å². The molecule has 0 unspecified atom stereocenters. The highest BCUT2D eigenvalue weighted by Gasteiger charge is 2.10. The maximum atomic E-state index is 12.0. The van der Waals surface area contributed by atoms with Gasteiger partial charge in [0, 0.05) is 11.6 Å². The van der Waals surface area contributed by atoms with Gasteiger partial charge in [0.25, 0.3) is 5.91 Å². The molecule has 0 aliphatic carbocycles. The van der Waals surface area contributed by atoms with Gasteiger partial charge < -0.3 is 15.8 Å². The molecule has 0 radical (unpaired) electrons. The molecule has 0 atom stereocenters. The van der Waals surface area contributed by atoms with Crippen LogP contribution in [-0.2, 0) is 0 Å². The van der Waals surface area contributed by atoms with Crippen molar-refractivity contribution in [3.8, 4) is 5.75 Å². The van der Waals surface area contributed by atoms with Gasteiger partial charge in [-0.2, -0.15) is 0 Å². The first kappa shape index (κ1) is 13.0. The zero-order chi connectivity index (χ0) is 13.8. The summed E-state index contributed by atoms with van der Waals surface area (Å²) in [5.41, 5.74) is 8.48. The summed E-state index contributed by atoms with van der Waals surface area (Å²) in [7, 11) is 1.59. The highest BCUT2D eigenvalue weighted by molar-refractivity contribution is 6.05. The summed E-state index contributed by atoms with van der Waals surface area (Å²) in [6.07, 6.45) is 0. The van der Waals surface area contributed by atoms with E-state index in [0.29, 0.717) is 22.7 Å². The van der Waals surface area contributed by atoms with Crippen molar-refractivity contribution >= 4 is 17.3 Å². The van der Waals surface area contributed by atoms with Gasteiger partial charge in [0.1, 0.15) is 5.75 Å². The molecule has 3 N–H and O–H groups in total. The Morgan fingerprint density at radius 3 is 2.53 bits per heavy atom. The molecule has 0 aliphatic rings. The molecule has 0 aromatic heterocycles. The Morgan fingerprint density at radius 1 is 1.21 bits per heavy atom. The zero-order valence-corrected chi connectivity index (χ0v) is 10.9. The monoisotopic (exact) mass is 256 g/mol. The predicted molar refractivity (Wildman–Crippen MR) is 76.5 cm³/mol. The molecule has 0 heterocycles. The number of hydrogen-bond acceptors (Lipinski definition) is 3. The van der Waals surface area contributed by atoms with Crippen molar-refractivity contribution < 1.29 is 9.53 Å². The molecule has 0 saturated carbocycles. The average molecular weight is 256 g/mol. The van der Waals surface area contributed by atoms with Crippen molar-refractivity contribution in [2.24, 2.45) is 0 Å². The number of carbonyl (C=O) groups is 1. The molecule has 2 aromatic carbocycles. The Balaban J connectivity index is 2.25. The number of benzene rings is 2. The number of rotatable bonds is 3. The number of nitrogens with one attached hydrogen (secondary N) is 1. The summed E-state index contributed by atoms with van der Waals surface area (Å²) in [4.78, 5) is 12.0. The number of aryl methyl sites for hydroxylation is 1. The number of hydrogen-bond donors (Lipinski definition) is 2. The molecule has 0 bridgehead atoms. The lowest BCUT2D eigenvalue weighted by atomic mass is 10.1. The van der Waals surface area contributed by atoms with E-state index in [1.807, 2.05) is 25.1 Å². The quantitative estimate of drug-likeness (QED) is 0.830. The highest BCUT2D eigenvalue weighted by atomic mass is 16.5. The number of nitrogen functional groups attached to an aromatic ring is 1. The maximum absolute atomic E-state index is 12.0. The fourth-order valence-corrected chi connectivity index (χ4v) is 1.82. The molecule has 19 heavy (non-hydrogen) atoms. The SMILES string of the molecule is COc1cc(N)c(NC(=O)c2ccccc2)cc1C. The minimum Gasteiger partial charge on any atom is -0.496 e. The van der Waals surface area contributed by atoms with Gasteiger partial charge in [-0.15, -0.1) is 0 Å². The lowest BCUT2D eigenvalue weighted by molar-refractivity contribution is 0.102. The van der Waals surface area contributed by atoms with E-state index in [-0.39, 0.29) is 5.91 Å². The van der Waals surface area contributed by atoms with Crippen LogP contribution in [0.25, 0.3) is 0 Å². The van der Waals surface area contributed by atoms with Crippen LogP contribution in [0.1, 0.15) is 15.9 Å². The smallest absolute Gasteiger partial charge is 0.255 e. The average Bonchev–Trinajstić information content (AvgIpc) is 2.43. The van der Waals surface area contributed by atoms with Crippen molar-refractivity contribution in [1.29, 1.82) is 0 Å². The minimum atomic E-state index is -0.183. The molecular weight excluding hydrogens is 240 g/mol. The van der Waals surface area contributed by atoms with E-state index < -0.39 is 0 Å². The minimum absolute atomic E-state index is 0.183. The van der Waals surface area contributed by atoms with E-state index in [2.05, 4.69) is 5.32 Å². The third-order valence-corrected chi connectivity index (χ3v) is 2.85. The molecule has 0 aliphatic heterocycles. The van der Waals surface area contributed by atoms with E-state index in [9.17, 15) is 4.79 Å². The van der Waals surface area contributed by atoms with Crippen LogP contribution in [0.3, 0.4) is 0 Å². The summed E-state index contributed by atoms with van der Waals surface area (Å²) in [5.74, 6) is 0.520. The van der Waals surface area contributed by atoms with Gasteiger partial charge in [0.15, 0.2) is 0 Å². The summed E-state index contributed by atoms with van der Waals surface area (Å²) in [5, 5.41) is 2.80. The van der Waals surface area contributed by atoms with Crippen LogP contribution in [-0.4, -0.2) is 13.0 Å². The largest absolute Gasteiger partial charge is 0.496 e. The van der Waals surface area contributed by atoms with Gasteiger partial charge in [0.2, 0.25) is 0 Å². The molecule has 0 spiro atoms. The summed E-state index contributed by atoms with van der Waals surface area (Å²) in [6, 6.07) is 12.5. The van der Waals surface area contributed by atoms with Crippen LogP contribution in [0.5, 0.6) is 5.75 Å². The van der Waals surface area contributed by atoms with Gasteiger partial charge in [-0.1, -0.05) is 18.2 Å². The second kappa shape index (κ2) is 5.44. The van der Waals surface area contributed by atoms with Crippen LogP contribution in [0, 0.1) is 6.92 Å². The summed E-state index contributed by atoms with van der Waals surface area (Å²) < 4.78 is 5.18. The number of carbonyl (C=O) groups excluding carboxylic acids is 1. The van der Waals surface area contributed by atoms with Gasteiger partial charge in [-0.3, -0.25) is 4.79 Å². The Hall–Kier alpha value is -2.49. The normalized spacial score (nSPS) is 10.0. The molecule has 4 heteroatoms. The number of methoxy groups -OCH3 is 1. The van der Waals surface area contributed by atoms with Crippen LogP contribution in [0.2, 0.25) is 0 Å². The maximum Gasteiger partial charge on any atom is 0.255 e. The van der Waals surface area contributed by atoms with Crippen molar-refractivity contribution in [3.05, 3.63) is 53.6 Å². The van der Waals surface area contributed by atoms with Crippen molar-refractivity contribution in [3.63, 3.8) is 0 Å². The fourth-order valence-electron chi connectivity index (χ4n) is 1.82. The number of anilines is 2. The Bertz CT molecular complexity index is 595. The first-order chi connectivity index (χ1) is 9.11. The fraction of sp³-hybridized carbons (Fsp3) is 0.133. The lowest BCUT2D eigenvalue weighted by Gasteiger charge is -2.12. The standard InChI is InChI=1S/C15H16N2O2/c1-10-8-13(12(16)9-14(10)19-2)17-15(18)11-6-4-3-5-7-11/h3-9H,16H2,1-2H3,(H,17,18). The van der Waals surface area contributed by atoms with Crippen LogP contribution in [0.4, 0.5) is 11.4 Å². The van der Waals surface area contributed by atoms with Crippen molar-refractivity contribution in [1.82, 2.24) is 0 Å². The number of ether oxygens (including phenoxy) is 1. The molecule has 0 fully saturated rings. The molecule has 1 amide bonds. The van der Waals surface area contributed by atoms with Crippen LogP contribution in [0.15, 0.2) is 42.5 Å². The van der Waals surface area contributed by atoms with Gasteiger partial charge >= 0.3 is 0 Å². The van der Waals surface area contributed by atoms with Gasteiger partial charge in [-0.05, 0) is 30.7 Å². The second-order valence-electron chi connectivity index (χ2n) is 4.23. The third-order valence-electron chi connectivity index (χ3n) is 2.85. The molecular formula is C15H16N2O2. The van der Waals surface area contributed by atoms with Crippen LogP contribution >= 0.6 is 0 Å². The first-order valence-electron chi connectivity index (χ1n) is 5.92. The molecule has 0 saturated heterocycles. The van der Waals surface area contributed by atoms with Crippen molar-refractivity contribution in [2.75, 3.05) is 18.2 Å². The Labute approximate surface area is 112 Å². The van der Waals surface area contributed by atoms with E-state index in [1.54, 1.807) is 31.4 Å². The van der Waals surface area contributed by atoms with Gasteiger partial charge in [-0.25, -0.2) is 0 Å². The van der Waals surface area contributed by atoms with Gasteiger partial charge in [0.05, 0.1) is 18.5 Å². The lowest BCUT2D eigenvalue weighted by Crippen LogP contribution is -2.13. The summed E-state index contributed by atoms with van der Waals surface area (Å²) >= 11 is 0. The summed E-state index contributed by atoms with van der Waals surface area (Å²) in [6.45, 7) is 1.90. The predicted octanol–water partition coefficient (Wildman–Crippen LogP) is 2.84. The first-order valence-corrected chi connectivity index (χ1v) is 5.92. The Morgan fingerprint density at radius 2 is 1.89 bits per heavy atom. The molecule has 4 nitrogen and oxygen atoms in total. The molecule has 2 rings (SSSR count). The third kappa shape index (κ3) is 2.85. The van der Waals surface area contributed by atoms with Crippen molar-refractivity contribution in [2.45, 2.75) is 6.92 Å². The van der Waals surface area contributed by atoms with E-state index in [4.69, 9.17) is 10.5 Å². The van der Waals surface area contributed by atoms with E-state index in [0.717, 1.165) is 5.56 Å².